The Bertz CT molecular complexity index is 1400. The summed E-state index contributed by atoms with van der Waals surface area (Å²) in [5.74, 6) is -2.15. The maximum atomic E-state index is 15.5. The standard InChI is InChI=1S/C33H34F4O3.C2H6/c1-33(2)14-4-6-27(33)25-15-19(8-12-22(25)26-16-21(32(36)37)11-13-28(26)34)18-40-29-7-3-5-23(31(29)35)24(17-30(38)39)20-9-10-20;1-2/h3,5,7-8,11-13,15-16,20,24,27,32H,4,6,9-10,14,17-18H2,1-2H3,(H,38,39);1-2H3. The van der Waals surface area contributed by atoms with E-state index in [9.17, 15) is 23.1 Å². The maximum absolute atomic E-state index is 15.5. The van der Waals surface area contributed by atoms with Crippen molar-refractivity contribution in [2.24, 2.45) is 11.3 Å². The number of carboxylic acids is 1. The number of carboxylic acid groups (broad SMARTS) is 1. The zero-order valence-electron chi connectivity index (χ0n) is 24.7. The van der Waals surface area contributed by atoms with Crippen molar-refractivity contribution in [1.29, 1.82) is 0 Å². The maximum Gasteiger partial charge on any atom is 0.303 e. The summed E-state index contributed by atoms with van der Waals surface area (Å²) in [4.78, 5) is 11.4. The van der Waals surface area contributed by atoms with Gasteiger partial charge in [0.05, 0.1) is 6.42 Å². The van der Waals surface area contributed by atoms with Crippen molar-refractivity contribution >= 4 is 5.97 Å². The molecule has 3 aromatic rings. The van der Waals surface area contributed by atoms with E-state index in [-0.39, 0.29) is 47.2 Å². The quantitative estimate of drug-likeness (QED) is 0.241. The van der Waals surface area contributed by atoms with Gasteiger partial charge >= 0.3 is 5.97 Å². The molecule has 7 heteroatoms. The monoisotopic (exact) mass is 584 g/mol. The fraction of sp³-hybridized carbons (Fsp3) is 0.457. The van der Waals surface area contributed by atoms with Gasteiger partial charge in [0, 0.05) is 17.0 Å². The third kappa shape index (κ3) is 6.99. The normalized spacial score (nSPS) is 18.4. The Morgan fingerprint density at radius 1 is 1.00 bits per heavy atom. The van der Waals surface area contributed by atoms with Crippen LogP contribution in [0.4, 0.5) is 17.6 Å². The van der Waals surface area contributed by atoms with Gasteiger partial charge in [0.25, 0.3) is 6.43 Å². The number of halogens is 4. The molecule has 2 fully saturated rings. The van der Waals surface area contributed by atoms with Crippen LogP contribution < -0.4 is 4.74 Å². The van der Waals surface area contributed by atoms with Crippen LogP contribution >= 0.6 is 0 Å². The van der Waals surface area contributed by atoms with Crippen LogP contribution in [0.15, 0.2) is 54.6 Å². The summed E-state index contributed by atoms with van der Waals surface area (Å²) in [5.41, 5.74) is 2.42. The second-order valence-electron chi connectivity index (χ2n) is 11.9. The number of alkyl halides is 2. The molecule has 0 aromatic heterocycles. The van der Waals surface area contributed by atoms with Gasteiger partial charge in [0.15, 0.2) is 11.6 Å². The van der Waals surface area contributed by atoms with E-state index in [0.29, 0.717) is 11.1 Å². The molecular formula is C35H40F4O3. The molecule has 2 unspecified atom stereocenters. The summed E-state index contributed by atoms with van der Waals surface area (Å²) in [6.45, 7) is 8.38. The summed E-state index contributed by atoms with van der Waals surface area (Å²) in [7, 11) is 0. The Balaban J connectivity index is 0.00000198. The molecule has 2 aliphatic carbocycles. The molecule has 5 rings (SSSR count). The molecular weight excluding hydrogens is 544 g/mol. The SMILES string of the molecule is CC.CC1(C)CCCC1c1cc(COc2cccc(C(CC(=O)O)C3CC3)c2F)ccc1-c1cc(C(F)F)ccc1F. The van der Waals surface area contributed by atoms with E-state index in [2.05, 4.69) is 13.8 Å². The highest BCUT2D eigenvalue weighted by molar-refractivity contribution is 5.70. The predicted octanol–water partition coefficient (Wildman–Crippen LogP) is 10.4. The average Bonchev–Trinajstić information content (AvgIpc) is 3.74. The first kappa shape index (κ1) is 31.6. The molecule has 42 heavy (non-hydrogen) atoms. The summed E-state index contributed by atoms with van der Waals surface area (Å²) < 4.78 is 63.3. The van der Waals surface area contributed by atoms with E-state index in [4.69, 9.17) is 4.74 Å². The summed E-state index contributed by atoms with van der Waals surface area (Å²) >= 11 is 0. The Hall–Kier alpha value is -3.35. The van der Waals surface area contributed by atoms with Gasteiger partial charge < -0.3 is 9.84 Å². The lowest BCUT2D eigenvalue weighted by molar-refractivity contribution is -0.137. The number of rotatable bonds is 10. The molecule has 2 aliphatic rings. The highest BCUT2D eigenvalue weighted by Gasteiger charge is 2.38. The second kappa shape index (κ2) is 13.3. The van der Waals surface area contributed by atoms with Crippen LogP contribution in [0, 0.1) is 23.0 Å². The van der Waals surface area contributed by atoms with Crippen molar-refractivity contribution in [1.82, 2.24) is 0 Å². The zero-order chi connectivity index (χ0) is 30.6. The number of hydrogen-bond acceptors (Lipinski definition) is 2. The predicted molar refractivity (Wildman–Crippen MR) is 157 cm³/mol. The van der Waals surface area contributed by atoms with E-state index in [0.717, 1.165) is 55.4 Å². The number of carbonyl (C=O) groups is 1. The number of aliphatic carboxylic acids is 1. The number of benzene rings is 3. The van der Waals surface area contributed by atoms with E-state index in [1.54, 1.807) is 24.3 Å². The van der Waals surface area contributed by atoms with Crippen LogP contribution in [0.2, 0.25) is 0 Å². The van der Waals surface area contributed by atoms with Crippen LogP contribution in [0.1, 0.15) is 107 Å². The Labute approximate surface area is 245 Å². The van der Waals surface area contributed by atoms with Crippen molar-refractivity contribution in [2.75, 3.05) is 0 Å². The molecule has 0 amide bonds. The fourth-order valence-corrected chi connectivity index (χ4v) is 6.33. The van der Waals surface area contributed by atoms with Crippen LogP contribution in [0.3, 0.4) is 0 Å². The van der Waals surface area contributed by atoms with Crippen LogP contribution in [0.25, 0.3) is 11.1 Å². The molecule has 3 aromatic carbocycles. The highest BCUT2D eigenvalue weighted by atomic mass is 19.3. The minimum absolute atomic E-state index is 0.0490. The molecule has 2 saturated carbocycles. The summed E-state index contributed by atoms with van der Waals surface area (Å²) in [6.07, 6.45) is 1.83. The molecule has 3 nitrogen and oxygen atoms in total. The minimum Gasteiger partial charge on any atom is -0.486 e. The zero-order valence-corrected chi connectivity index (χ0v) is 24.7. The first-order valence-electron chi connectivity index (χ1n) is 14.9. The Morgan fingerprint density at radius 2 is 1.74 bits per heavy atom. The lowest BCUT2D eigenvalue weighted by atomic mass is 9.75. The molecule has 1 N–H and O–H groups in total. The first-order chi connectivity index (χ1) is 20.0. The number of ether oxygens (including phenoxy) is 1. The van der Waals surface area contributed by atoms with Crippen molar-refractivity contribution < 1.29 is 32.2 Å². The van der Waals surface area contributed by atoms with Gasteiger partial charge in [-0.2, -0.15) is 0 Å². The largest absolute Gasteiger partial charge is 0.486 e. The van der Waals surface area contributed by atoms with Gasteiger partial charge in [-0.3, -0.25) is 4.79 Å². The van der Waals surface area contributed by atoms with Gasteiger partial charge in [-0.25, -0.2) is 17.6 Å². The van der Waals surface area contributed by atoms with Gasteiger partial charge in [-0.15, -0.1) is 0 Å². The molecule has 0 aliphatic heterocycles. The molecule has 2 atom stereocenters. The first-order valence-corrected chi connectivity index (χ1v) is 14.9. The molecule has 0 bridgehead atoms. The third-order valence-corrected chi connectivity index (χ3v) is 8.65. The lowest BCUT2D eigenvalue weighted by Gasteiger charge is -2.30. The van der Waals surface area contributed by atoms with E-state index >= 15 is 4.39 Å². The smallest absolute Gasteiger partial charge is 0.303 e. The van der Waals surface area contributed by atoms with Gasteiger partial charge in [0.2, 0.25) is 0 Å². The second-order valence-corrected chi connectivity index (χ2v) is 11.9. The summed E-state index contributed by atoms with van der Waals surface area (Å²) in [6, 6.07) is 13.7. The minimum atomic E-state index is -2.71. The van der Waals surface area contributed by atoms with Crippen LogP contribution in [-0.2, 0) is 11.4 Å². The Kier molecular flexibility index (Phi) is 10.0. The third-order valence-electron chi connectivity index (χ3n) is 8.65. The lowest BCUT2D eigenvalue weighted by Crippen LogP contribution is -2.17. The molecule has 0 spiro atoms. The van der Waals surface area contributed by atoms with E-state index in [1.807, 2.05) is 19.9 Å². The average molecular weight is 585 g/mol. The molecule has 226 valence electrons. The van der Waals surface area contributed by atoms with Crippen LogP contribution in [0.5, 0.6) is 5.75 Å². The molecule has 0 heterocycles. The molecule has 0 saturated heterocycles. The van der Waals surface area contributed by atoms with Gasteiger partial charge in [-0.05, 0) is 83.4 Å². The fourth-order valence-electron chi connectivity index (χ4n) is 6.33. The highest BCUT2D eigenvalue weighted by Crippen LogP contribution is 2.51. The summed E-state index contributed by atoms with van der Waals surface area (Å²) in [5, 5.41) is 9.34. The topological polar surface area (TPSA) is 46.5 Å². The van der Waals surface area contributed by atoms with E-state index < -0.39 is 29.9 Å². The van der Waals surface area contributed by atoms with Crippen molar-refractivity contribution in [3.63, 3.8) is 0 Å². The number of hydrogen-bond donors (Lipinski definition) is 1. The van der Waals surface area contributed by atoms with Gasteiger partial charge in [0.1, 0.15) is 12.4 Å². The Morgan fingerprint density at radius 3 is 2.36 bits per heavy atom. The van der Waals surface area contributed by atoms with E-state index in [1.165, 1.54) is 12.1 Å². The van der Waals surface area contributed by atoms with Gasteiger partial charge in [-0.1, -0.05) is 70.5 Å². The van der Waals surface area contributed by atoms with Crippen LogP contribution in [-0.4, -0.2) is 11.1 Å². The van der Waals surface area contributed by atoms with Crippen molar-refractivity contribution in [3.05, 3.63) is 88.5 Å². The molecule has 0 radical (unpaired) electrons. The van der Waals surface area contributed by atoms with Crippen molar-refractivity contribution in [3.8, 4) is 16.9 Å². The van der Waals surface area contributed by atoms with Crippen molar-refractivity contribution in [2.45, 2.75) is 91.1 Å².